The van der Waals surface area contributed by atoms with Crippen LogP contribution in [0.1, 0.15) is 49.0 Å². The second kappa shape index (κ2) is 7.10. The molecule has 1 aromatic carbocycles. The highest BCUT2D eigenvalue weighted by molar-refractivity contribution is 9.10. The number of halogens is 1. The van der Waals surface area contributed by atoms with E-state index in [1.54, 1.807) is 16.9 Å². The highest BCUT2D eigenvalue weighted by Crippen LogP contribution is 2.58. The van der Waals surface area contributed by atoms with Crippen LogP contribution in [0.5, 0.6) is 0 Å². The molecule has 4 bridgehead atoms. The van der Waals surface area contributed by atoms with Gasteiger partial charge in [-0.1, -0.05) is 22.0 Å². The van der Waals surface area contributed by atoms with Crippen LogP contribution < -0.4 is 5.32 Å². The van der Waals surface area contributed by atoms with Crippen LogP contribution in [-0.4, -0.2) is 25.6 Å². The zero-order valence-corrected chi connectivity index (χ0v) is 18.9. The van der Waals surface area contributed by atoms with Crippen molar-refractivity contribution in [1.29, 1.82) is 0 Å². The van der Waals surface area contributed by atoms with Crippen LogP contribution in [0, 0.1) is 27.9 Å². The van der Waals surface area contributed by atoms with E-state index >= 15 is 0 Å². The Morgan fingerprint density at radius 1 is 1.16 bits per heavy atom. The van der Waals surface area contributed by atoms with Crippen LogP contribution in [0.25, 0.3) is 10.9 Å². The second-order valence-electron chi connectivity index (χ2n) is 9.66. The summed E-state index contributed by atoms with van der Waals surface area (Å²) in [6, 6.07) is 7.27. The Balaban J connectivity index is 1.37. The standard InChI is InChI=1S/C23H22BrN5O3/c24-17-3-4-18(20-16(17)2-1-5-25-20)26-22(30)21-19(29(31)32)12-28(27-21)23-9-13-6-14(10-23)8-15(7-13)11-23/h1-5,12-15H,6-11H2,(H,26,30). The summed E-state index contributed by atoms with van der Waals surface area (Å²) in [6.07, 6.45) is 9.92. The number of aromatic nitrogens is 3. The molecule has 0 saturated heterocycles. The fourth-order valence-electron chi connectivity index (χ4n) is 6.67. The average molecular weight is 496 g/mol. The third-order valence-electron chi connectivity index (χ3n) is 7.56. The third kappa shape index (κ3) is 3.05. The molecule has 164 valence electrons. The molecule has 0 unspecified atom stereocenters. The molecule has 0 aliphatic heterocycles. The van der Waals surface area contributed by atoms with Crippen molar-refractivity contribution >= 4 is 44.1 Å². The number of benzene rings is 1. The van der Waals surface area contributed by atoms with Crippen molar-refractivity contribution in [2.75, 3.05) is 5.32 Å². The summed E-state index contributed by atoms with van der Waals surface area (Å²) in [5, 5.41) is 20.0. The Morgan fingerprint density at radius 3 is 2.50 bits per heavy atom. The van der Waals surface area contributed by atoms with Crippen molar-refractivity contribution in [2.24, 2.45) is 17.8 Å². The minimum Gasteiger partial charge on any atom is -0.318 e. The van der Waals surface area contributed by atoms with Crippen molar-refractivity contribution in [3.8, 4) is 0 Å². The van der Waals surface area contributed by atoms with Gasteiger partial charge in [0.1, 0.15) is 6.20 Å². The maximum absolute atomic E-state index is 13.2. The summed E-state index contributed by atoms with van der Waals surface area (Å²) in [4.78, 5) is 28.9. The number of pyridine rings is 1. The normalized spacial score (nSPS) is 28.2. The largest absolute Gasteiger partial charge is 0.320 e. The van der Waals surface area contributed by atoms with E-state index in [-0.39, 0.29) is 16.9 Å². The fraction of sp³-hybridized carbons (Fsp3) is 0.435. The van der Waals surface area contributed by atoms with Gasteiger partial charge in [-0.3, -0.25) is 24.6 Å². The van der Waals surface area contributed by atoms with Crippen LogP contribution in [0.2, 0.25) is 0 Å². The number of nitro groups is 1. The Labute approximate surface area is 192 Å². The van der Waals surface area contributed by atoms with Gasteiger partial charge in [-0.25, -0.2) is 0 Å². The maximum atomic E-state index is 13.2. The number of hydrogen-bond donors (Lipinski definition) is 1. The van der Waals surface area contributed by atoms with Crippen molar-refractivity contribution in [2.45, 2.75) is 44.1 Å². The molecule has 4 aliphatic rings. The number of rotatable bonds is 4. The summed E-state index contributed by atoms with van der Waals surface area (Å²) in [5.74, 6) is 1.42. The average Bonchev–Trinajstić information content (AvgIpc) is 3.22. The number of nitrogens with zero attached hydrogens (tertiary/aromatic N) is 4. The molecular formula is C23H22BrN5O3. The Bertz CT molecular complexity index is 1230. The summed E-state index contributed by atoms with van der Waals surface area (Å²) in [6.45, 7) is 0. The van der Waals surface area contributed by atoms with Gasteiger partial charge >= 0.3 is 5.69 Å². The first-order valence-corrected chi connectivity index (χ1v) is 11.8. The number of anilines is 1. The molecule has 0 radical (unpaired) electrons. The van der Waals surface area contributed by atoms with Crippen LogP contribution >= 0.6 is 15.9 Å². The van der Waals surface area contributed by atoms with E-state index < -0.39 is 10.8 Å². The van der Waals surface area contributed by atoms with Gasteiger partial charge in [-0.05, 0) is 74.5 Å². The molecule has 0 atom stereocenters. The molecule has 32 heavy (non-hydrogen) atoms. The number of hydrogen-bond acceptors (Lipinski definition) is 5. The summed E-state index contributed by atoms with van der Waals surface area (Å²) in [7, 11) is 0. The van der Waals surface area contributed by atoms with Gasteiger partial charge in [0.2, 0.25) is 5.69 Å². The molecule has 7 rings (SSSR count). The number of fused-ring (bicyclic) bond motifs is 1. The maximum Gasteiger partial charge on any atom is 0.320 e. The van der Waals surface area contributed by atoms with E-state index in [9.17, 15) is 14.9 Å². The van der Waals surface area contributed by atoms with Crippen LogP contribution in [0.15, 0.2) is 41.1 Å². The lowest BCUT2D eigenvalue weighted by Crippen LogP contribution is -2.52. The van der Waals surface area contributed by atoms with Gasteiger partial charge in [0.05, 0.1) is 21.7 Å². The lowest BCUT2D eigenvalue weighted by molar-refractivity contribution is -0.385. The summed E-state index contributed by atoms with van der Waals surface area (Å²) >= 11 is 3.49. The van der Waals surface area contributed by atoms with Gasteiger partial charge in [0.25, 0.3) is 5.91 Å². The Hall–Kier alpha value is -2.81. The van der Waals surface area contributed by atoms with E-state index in [1.165, 1.54) is 25.5 Å². The number of nitrogens with one attached hydrogen (secondary N) is 1. The summed E-state index contributed by atoms with van der Waals surface area (Å²) < 4.78 is 2.62. The predicted molar refractivity (Wildman–Crippen MR) is 122 cm³/mol. The second-order valence-corrected chi connectivity index (χ2v) is 10.5. The third-order valence-corrected chi connectivity index (χ3v) is 8.25. The molecule has 3 aromatic rings. The van der Waals surface area contributed by atoms with Crippen molar-refractivity contribution in [3.05, 3.63) is 56.9 Å². The first kappa shape index (κ1) is 19.8. The zero-order valence-electron chi connectivity index (χ0n) is 17.3. The quantitative estimate of drug-likeness (QED) is 0.391. The van der Waals surface area contributed by atoms with E-state index in [0.29, 0.717) is 29.0 Å². The predicted octanol–water partition coefficient (Wildman–Crippen LogP) is 5.28. The van der Waals surface area contributed by atoms with Gasteiger partial charge in [0, 0.05) is 16.1 Å². The number of carbonyl (C=O) groups is 1. The first-order chi connectivity index (χ1) is 15.4. The zero-order chi connectivity index (χ0) is 22.0. The molecule has 1 N–H and O–H groups in total. The van der Waals surface area contributed by atoms with Crippen molar-refractivity contribution in [1.82, 2.24) is 14.8 Å². The number of amides is 1. The van der Waals surface area contributed by atoms with E-state index in [2.05, 4.69) is 31.3 Å². The minimum atomic E-state index is -0.588. The van der Waals surface area contributed by atoms with Crippen LogP contribution in [0.4, 0.5) is 11.4 Å². The SMILES string of the molecule is O=C(Nc1ccc(Br)c2cccnc12)c1nn(C23CC4CC(CC(C4)C2)C3)cc1[N+](=O)[O-]. The highest BCUT2D eigenvalue weighted by Gasteiger charge is 2.53. The molecule has 4 aliphatic carbocycles. The monoisotopic (exact) mass is 495 g/mol. The van der Waals surface area contributed by atoms with Gasteiger partial charge < -0.3 is 5.32 Å². The summed E-state index contributed by atoms with van der Waals surface area (Å²) in [5.41, 5.74) is 0.528. The van der Waals surface area contributed by atoms with E-state index in [0.717, 1.165) is 29.1 Å². The Morgan fingerprint density at radius 2 is 1.84 bits per heavy atom. The van der Waals surface area contributed by atoms with Gasteiger partial charge in [0.15, 0.2) is 0 Å². The molecule has 2 aromatic heterocycles. The smallest absolute Gasteiger partial charge is 0.318 e. The lowest BCUT2D eigenvalue weighted by Gasteiger charge is -2.56. The molecule has 2 heterocycles. The van der Waals surface area contributed by atoms with Crippen molar-refractivity contribution in [3.63, 3.8) is 0 Å². The lowest BCUT2D eigenvalue weighted by atomic mass is 9.53. The fourth-order valence-corrected chi connectivity index (χ4v) is 7.12. The molecular weight excluding hydrogens is 474 g/mol. The molecule has 4 fully saturated rings. The molecule has 8 nitrogen and oxygen atoms in total. The molecule has 4 saturated carbocycles. The highest BCUT2D eigenvalue weighted by atomic mass is 79.9. The van der Waals surface area contributed by atoms with Gasteiger partial charge in [-0.15, -0.1) is 0 Å². The van der Waals surface area contributed by atoms with Crippen LogP contribution in [-0.2, 0) is 5.54 Å². The number of carbonyl (C=O) groups excluding carboxylic acids is 1. The molecule has 0 spiro atoms. The first-order valence-electron chi connectivity index (χ1n) is 11.0. The van der Waals surface area contributed by atoms with Gasteiger partial charge in [-0.2, -0.15) is 5.10 Å². The van der Waals surface area contributed by atoms with Crippen molar-refractivity contribution < 1.29 is 9.72 Å². The van der Waals surface area contributed by atoms with E-state index in [1.807, 2.05) is 18.2 Å². The Kier molecular flexibility index (Phi) is 4.40. The van der Waals surface area contributed by atoms with Crippen LogP contribution in [0.3, 0.4) is 0 Å². The molecule has 9 heteroatoms. The topological polar surface area (TPSA) is 103 Å². The molecule has 1 amide bonds. The minimum absolute atomic E-state index is 0.141. The van der Waals surface area contributed by atoms with E-state index in [4.69, 9.17) is 0 Å².